The Morgan fingerprint density at radius 1 is 1.42 bits per heavy atom. The summed E-state index contributed by atoms with van der Waals surface area (Å²) in [6.07, 6.45) is 9.48. The fourth-order valence-corrected chi connectivity index (χ4v) is 4.12. The van der Waals surface area contributed by atoms with Crippen molar-refractivity contribution >= 4 is 5.91 Å². The Kier molecular flexibility index (Phi) is 2.64. The van der Waals surface area contributed by atoms with Crippen molar-refractivity contribution in [1.29, 1.82) is 0 Å². The molecule has 1 aromatic rings. The number of carbonyl (C=O) groups is 1. The second-order valence-electron chi connectivity index (χ2n) is 6.54. The topological polar surface area (TPSA) is 57.8 Å². The first-order valence-electron chi connectivity index (χ1n) is 7.60. The van der Waals surface area contributed by atoms with Crippen molar-refractivity contribution in [2.75, 3.05) is 0 Å². The van der Waals surface area contributed by atoms with Gasteiger partial charge in [-0.1, -0.05) is 0 Å². The molecule has 4 heteroatoms. The molecule has 19 heavy (non-hydrogen) atoms. The number of H-pyrrole nitrogens is 1. The van der Waals surface area contributed by atoms with E-state index >= 15 is 0 Å². The van der Waals surface area contributed by atoms with E-state index in [9.17, 15) is 4.79 Å². The van der Waals surface area contributed by atoms with E-state index in [0.29, 0.717) is 12.0 Å². The van der Waals surface area contributed by atoms with E-state index in [1.54, 1.807) is 6.33 Å². The van der Waals surface area contributed by atoms with Crippen LogP contribution >= 0.6 is 0 Å². The number of rotatable bonds is 3. The van der Waals surface area contributed by atoms with Gasteiger partial charge in [0.2, 0.25) is 5.91 Å². The van der Waals surface area contributed by atoms with Crippen molar-refractivity contribution in [3.8, 4) is 0 Å². The predicted molar refractivity (Wildman–Crippen MR) is 71.5 cm³/mol. The second-order valence-corrected chi connectivity index (χ2v) is 6.54. The summed E-state index contributed by atoms with van der Waals surface area (Å²) in [5, 5.41) is 3.23. The molecule has 4 unspecified atom stereocenters. The molecule has 1 aromatic heterocycles. The summed E-state index contributed by atoms with van der Waals surface area (Å²) in [7, 11) is 0. The number of fused-ring (bicyclic) bond motifs is 2. The van der Waals surface area contributed by atoms with Crippen molar-refractivity contribution in [3.63, 3.8) is 0 Å². The number of nitrogens with one attached hydrogen (secondary N) is 2. The van der Waals surface area contributed by atoms with Gasteiger partial charge in [-0.3, -0.25) is 4.79 Å². The molecule has 3 aliphatic carbocycles. The molecular weight excluding hydrogens is 238 g/mol. The maximum absolute atomic E-state index is 12.1. The van der Waals surface area contributed by atoms with Crippen LogP contribution in [0, 0.1) is 17.8 Å². The van der Waals surface area contributed by atoms with Crippen LogP contribution < -0.4 is 5.32 Å². The van der Waals surface area contributed by atoms with E-state index in [1.165, 1.54) is 30.7 Å². The predicted octanol–water partition coefficient (Wildman–Crippen LogP) is 1.82. The zero-order chi connectivity index (χ0) is 12.8. The zero-order valence-corrected chi connectivity index (χ0v) is 11.2. The smallest absolute Gasteiger partial charge is 0.220 e. The van der Waals surface area contributed by atoms with E-state index < -0.39 is 0 Å². The second kappa shape index (κ2) is 4.36. The van der Waals surface area contributed by atoms with E-state index in [0.717, 1.165) is 37.5 Å². The van der Waals surface area contributed by atoms with E-state index in [2.05, 4.69) is 15.3 Å². The average molecular weight is 259 g/mol. The lowest BCUT2D eigenvalue weighted by Gasteiger charge is -2.23. The fourth-order valence-electron chi connectivity index (χ4n) is 4.12. The average Bonchev–Trinajstić information content (AvgIpc) is 2.85. The summed E-state index contributed by atoms with van der Waals surface area (Å²) in [5.74, 6) is 2.80. The van der Waals surface area contributed by atoms with Crippen LogP contribution in [0.3, 0.4) is 0 Å². The summed E-state index contributed by atoms with van der Waals surface area (Å²) in [4.78, 5) is 19.6. The van der Waals surface area contributed by atoms with Gasteiger partial charge in [-0.15, -0.1) is 0 Å². The lowest BCUT2D eigenvalue weighted by molar-refractivity contribution is -0.122. The summed E-state index contributed by atoms with van der Waals surface area (Å²) < 4.78 is 0. The molecule has 2 fully saturated rings. The summed E-state index contributed by atoms with van der Waals surface area (Å²) in [6.45, 7) is 0. The monoisotopic (exact) mass is 259 g/mol. The molecule has 2 N–H and O–H groups in total. The first-order chi connectivity index (χ1) is 9.29. The van der Waals surface area contributed by atoms with Gasteiger partial charge in [-0.05, 0) is 49.9 Å². The minimum atomic E-state index is 0.269. The van der Waals surface area contributed by atoms with Crippen LogP contribution in [0.25, 0.3) is 0 Å². The minimum Gasteiger partial charge on any atom is -0.353 e. The van der Waals surface area contributed by atoms with Crippen LogP contribution in [0.2, 0.25) is 0 Å². The summed E-state index contributed by atoms with van der Waals surface area (Å²) in [6, 6.07) is 0.303. The quantitative estimate of drug-likeness (QED) is 0.870. The van der Waals surface area contributed by atoms with Crippen LogP contribution in [0.5, 0.6) is 0 Å². The maximum Gasteiger partial charge on any atom is 0.220 e. The molecule has 1 amide bonds. The Morgan fingerprint density at radius 3 is 3.16 bits per heavy atom. The molecule has 4 atom stereocenters. The van der Waals surface area contributed by atoms with Crippen LogP contribution in [0.4, 0.5) is 0 Å². The van der Waals surface area contributed by atoms with E-state index in [-0.39, 0.29) is 5.91 Å². The normalized spacial score (nSPS) is 35.6. The van der Waals surface area contributed by atoms with Crippen LogP contribution in [0.15, 0.2) is 6.33 Å². The van der Waals surface area contributed by atoms with Crippen molar-refractivity contribution in [3.05, 3.63) is 17.7 Å². The minimum absolute atomic E-state index is 0.269. The van der Waals surface area contributed by atoms with Crippen molar-refractivity contribution < 1.29 is 4.79 Å². The molecule has 0 aliphatic heterocycles. The van der Waals surface area contributed by atoms with Gasteiger partial charge in [-0.2, -0.15) is 0 Å². The number of aromatic nitrogens is 2. The van der Waals surface area contributed by atoms with Crippen molar-refractivity contribution in [2.45, 2.75) is 51.0 Å². The maximum atomic E-state index is 12.1. The van der Waals surface area contributed by atoms with Gasteiger partial charge in [0, 0.05) is 24.6 Å². The molecule has 0 saturated heterocycles. The Labute approximate surface area is 113 Å². The Bertz CT molecular complexity index is 495. The molecular formula is C15H21N3O. The van der Waals surface area contributed by atoms with Gasteiger partial charge in [0.25, 0.3) is 0 Å². The highest BCUT2D eigenvalue weighted by atomic mass is 16.1. The molecule has 3 aliphatic rings. The number of carbonyl (C=O) groups excluding carboxylic acids is 1. The van der Waals surface area contributed by atoms with Crippen LogP contribution in [-0.2, 0) is 17.6 Å². The third kappa shape index (κ3) is 2.17. The lowest BCUT2D eigenvalue weighted by Crippen LogP contribution is -2.39. The van der Waals surface area contributed by atoms with Crippen molar-refractivity contribution in [2.24, 2.45) is 17.8 Å². The lowest BCUT2D eigenvalue weighted by atomic mass is 9.95. The number of aryl methyl sites for hydroxylation is 1. The highest BCUT2D eigenvalue weighted by molar-refractivity contribution is 5.76. The molecule has 0 bridgehead atoms. The third-order valence-corrected chi connectivity index (χ3v) is 5.29. The molecule has 2 saturated carbocycles. The first kappa shape index (κ1) is 11.5. The molecule has 1 heterocycles. The van der Waals surface area contributed by atoms with Crippen LogP contribution in [-0.4, -0.2) is 21.9 Å². The Hall–Kier alpha value is -1.32. The highest BCUT2D eigenvalue weighted by Gasteiger charge is 2.48. The van der Waals surface area contributed by atoms with Gasteiger partial charge in [0.15, 0.2) is 0 Å². The van der Waals surface area contributed by atoms with Gasteiger partial charge in [0.1, 0.15) is 0 Å². The number of aromatic amines is 1. The molecule has 4 rings (SSSR count). The zero-order valence-electron chi connectivity index (χ0n) is 11.2. The number of imidazole rings is 1. The number of amides is 1. The molecule has 0 radical (unpaired) electrons. The third-order valence-electron chi connectivity index (χ3n) is 5.29. The molecule has 4 nitrogen and oxygen atoms in total. The van der Waals surface area contributed by atoms with Crippen LogP contribution in [0.1, 0.15) is 43.5 Å². The van der Waals surface area contributed by atoms with Gasteiger partial charge in [0.05, 0.1) is 12.0 Å². The standard InChI is InChI=1S/C15H21N3O/c19-15(6-10-2-1-9-5-12(9)10)18-11-3-4-13-14(7-11)17-8-16-13/h8-12H,1-7H2,(H,16,17)(H,18,19). The number of nitrogens with zero attached hydrogens (tertiary/aromatic N) is 1. The summed E-state index contributed by atoms with van der Waals surface area (Å²) in [5.41, 5.74) is 2.39. The number of hydrogen-bond acceptors (Lipinski definition) is 2. The SMILES string of the molecule is O=C(CC1CCC2CC12)NC1CCc2nc[nH]c2C1. The molecule has 102 valence electrons. The largest absolute Gasteiger partial charge is 0.353 e. The van der Waals surface area contributed by atoms with Gasteiger partial charge in [-0.25, -0.2) is 4.98 Å². The molecule has 0 spiro atoms. The van der Waals surface area contributed by atoms with Crippen molar-refractivity contribution in [1.82, 2.24) is 15.3 Å². The summed E-state index contributed by atoms with van der Waals surface area (Å²) >= 11 is 0. The fraction of sp³-hybridized carbons (Fsp3) is 0.733. The Balaban J connectivity index is 1.31. The van der Waals surface area contributed by atoms with Gasteiger partial charge < -0.3 is 10.3 Å². The van der Waals surface area contributed by atoms with E-state index in [1.807, 2.05) is 0 Å². The molecule has 0 aromatic carbocycles. The van der Waals surface area contributed by atoms with E-state index in [4.69, 9.17) is 0 Å². The Morgan fingerprint density at radius 2 is 2.37 bits per heavy atom. The van der Waals surface area contributed by atoms with Gasteiger partial charge >= 0.3 is 0 Å². The first-order valence-corrected chi connectivity index (χ1v) is 7.60. The highest BCUT2D eigenvalue weighted by Crippen LogP contribution is 2.56. The number of hydrogen-bond donors (Lipinski definition) is 2.